The molecule has 190 valence electrons. The lowest BCUT2D eigenvalue weighted by Gasteiger charge is -2.47. The lowest BCUT2D eigenvalue weighted by Crippen LogP contribution is -2.72. The van der Waals surface area contributed by atoms with Gasteiger partial charge in [0.15, 0.2) is 18.8 Å². The van der Waals surface area contributed by atoms with Gasteiger partial charge in [0, 0.05) is 0 Å². The fourth-order valence-corrected chi connectivity index (χ4v) is 4.46. The van der Waals surface area contributed by atoms with Crippen LogP contribution in [0.2, 0.25) is 0 Å². The minimum absolute atomic E-state index is 0.279. The molecule has 0 aromatic heterocycles. The van der Waals surface area contributed by atoms with E-state index in [0.29, 0.717) is 11.3 Å². The van der Waals surface area contributed by atoms with E-state index in [1.54, 1.807) is 31.2 Å². The first kappa shape index (κ1) is 26.0. The molecule has 2 amide bonds. The van der Waals surface area contributed by atoms with Crippen molar-refractivity contribution in [3.63, 3.8) is 0 Å². The molecule has 1 unspecified atom stereocenters. The van der Waals surface area contributed by atoms with Gasteiger partial charge in [-0.1, -0.05) is 97.0 Å². The molecule has 7 nitrogen and oxygen atoms in total. The highest BCUT2D eigenvalue weighted by Crippen LogP contribution is 2.32. The molecule has 8 heteroatoms. The SMILES string of the molecule is C=C(C)C(C(=O)OC(c1ccccc1)c1ccccc1)N1C(=O)[C@H](NC(=O)COc2ccccc2)[C@H]1Cl. The van der Waals surface area contributed by atoms with E-state index in [1.807, 2.05) is 66.7 Å². The van der Waals surface area contributed by atoms with Crippen molar-refractivity contribution in [2.24, 2.45) is 0 Å². The van der Waals surface area contributed by atoms with Gasteiger partial charge in [0.1, 0.15) is 17.3 Å². The highest BCUT2D eigenvalue weighted by molar-refractivity contribution is 6.27. The van der Waals surface area contributed by atoms with Crippen molar-refractivity contribution >= 4 is 29.4 Å². The van der Waals surface area contributed by atoms with Crippen LogP contribution in [0.25, 0.3) is 0 Å². The molecule has 1 N–H and O–H groups in total. The lowest BCUT2D eigenvalue weighted by molar-refractivity contribution is -0.165. The number of alkyl halides is 1. The van der Waals surface area contributed by atoms with Crippen molar-refractivity contribution in [1.82, 2.24) is 10.2 Å². The summed E-state index contributed by atoms with van der Waals surface area (Å²) in [6.07, 6.45) is -0.687. The molecule has 1 fully saturated rings. The van der Waals surface area contributed by atoms with E-state index in [0.717, 1.165) is 11.1 Å². The van der Waals surface area contributed by atoms with Crippen molar-refractivity contribution in [2.45, 2.75) is 30.6 Å². The quantitative estimate of drug-likeness (QED) is 0.143. The summed E-state index contributed by atoms with van der Waals surface area (Å²) in [5, 5.41) is 2.57. The first-order valence-corrected chi connectivity index (χ1v) is 12.2. The van der Waals surface area contributed by atoms with Crippen molar-refractivity contribution in [3.8, 4) is 5.75 Å². The molecule has 3 atom stereocenters. The molecule has 0 bridgehead atoms. The van der Waals surface area contributed by atoms with Gasteiger partial charge in [0.05, 0.1) is 0 Å². The molecule has 1 aliphatic rings. The molecule has 1 aliphatic heterocycles. The van der Waals surface area contributed by atoms with Crippen molar-refractivity contribution < 1.29 is 23.9 Å². The number of halogens is 1. The number of rotatable bonds is 10. The number of likely N-dealkylation sites (tertiary alicyclic amines) is 1. The van der Waals surface area contributed by atoms with E-state index in [2.05, 4.69) is 11.9 Å². The van der Waals surface area contributed by atoms with Crippen LogP contribution >= 0.6 is 11.6 Å². The highest BCUT2D eigenvalue weighted by Gasteiger charge is 2.53. The molecule has 1 saturated heterocycles. The van der Waals surface area contributed by atoms with Gasteiger partial charge >= 0.3 is 5.97 Å². The van der Waals surface area contributed by atoms with Crippen LogP contribution in [0, 0.1) is 0 Å². The van der Waals surface area contributed by atoms with E-state index in [9.17, 15) is 14.4 Å². The number of nitrogens with zero attached hydrogens (tertiary/aromatic N) is 1. The zero-order valence-corrected chi connectivity index (χ0v) is 21.0. The monoisotopic (exact) mass is 518 g/mol. The standard InChI is InChI=1S/C29H27ClN2O5/c1-19(2)25(29(35)37-26(20-12-6-3-7-13-20)21-14-8-4-9-15-21)32-27(30)24(28(32)34)31-23(33)18-36-22-16-10-5-11-17-22/h3-17,24-27H,1,18H2,2H3,(H,31,33)/t24-,25?,27+/m1/s1. The second-order valence-electron chi connectivity index (χ2n) is 8.65. The Labute approximate surface area is 220 Å². The number of hydrogen-bond acceptors (Lipinski definition) is 5. The topological polar surface area (TPSA) is 84.9 Å². The van der Waals surface area contributed by atoms with Gasteiger partial charge in [-0.2, -0.15) is 0 Å². The number of ether oxygens (including phenoxy) is 2. The van der Waals surface area contributed by atoms with Crippen LogP contribution in [0.1, 0.15) is 24.2 Å². The fraction of sp³-hybridized carbons (Fsp3) is 0.207. The smallest absolute Gasteiger partial charge is 0.334 e. The fourth-order valence-electron chi connectivity index (χ4n) is 4.08. The molecule has 3 aromatic carbocycles. The van der Waals surface area contributed by atoms with Crippen LogP contribution in [0.4, 0.5) is 0 Å². The Morgan fingerprint density at radius 1 is 0.946 bits per heavy atom. The minimum Gasteiger partial charge on any atom is -0.484 e. The van der Waals surface area contributed by atoms with E-state index in [-0.39, 0.29) is 6.61 Å². The lowest BCUT2D eigenvalue weighted by atomic mass is 9.98. The third kappa shape index (κ3) is 6.01. The second kappa shape index (κ2) is 11.8. The van der Waals surface area contributed by atoms with Crippen LogP contribution in [-0.2, 0) is 19.1 Å². The van der Waals surface area contributed by atoms with Crippen molar-refractivity contribution in [1.29, 1.82) is 0 Å². The van der Waals surface area contributed by atoms with Crippen LogP contribution < -0.4 is 10.1 Å². The van der Waals surface area contributed by atoms with Crippen LogP contribution in [0.15, 0.2) is 103 Å². The summed E-state index contributed by atoms with van der Waals surface area (Å²) in [4.78, 5) is 39.9. The number of para-hydroxylation sites is 1. The number of carbonyl (C=O) groups excluding carboxylic acids is 3. The first-order chi connectivity index (χ1) is 17.9. The molecular weight excluding hydrogens is 492 g/mol. The van der Waals surface area contributed by atoms with Gasteiger partial charge in [0.2, 0.25) is 0 Å². The van der Waals surface area contributed by atoms with Gasteiger partial charge in [-0.3, -0.25) is 9.59 Å². The minimum atomic E-state index is -1.11. The van der Waals surface area contributed by atoms with Gasteiger partial charge in [0.25, 0.3) is 11.8 Å². The van der Waals surface area contributed by atoms with Gasteiger partial charge in [-0.25, -0.2) is 4.79 Å². The molecule has 0 aliphatic carbocycles. The Bertz CT molecular complexity index is 1210. The van der Waals surface area contributed by atoms with E-state index in [1.165, 1.54) is 4.90 Å². The number of benzene rings is 3. The average Bonchev–Trinajstić information content (AvgIpc) is 2.93. The van der Waals surface area contributed by atoms with Gasteiger partial charge < -0.3 is 19.7 Å². The molecule has 37 heavy (non-hydrogen) atoms. The Balaban J connectivity index is 1.44. The zero-order chi connectivity index (χ0) is 26.4. The number of carbonyl (C=O) groups is 3. The Kier molecular flexibility index (Phi) is 8.25. The molecule has 3 aromatic rings. The molecule has 0 spiro atoms. The second-order valence-corrected chi connectivity index (χ2v) is 9.10. The van der Waals surface area contributed by atoms with E-state index >= 15 is 0 Å². The summed E-state index contributed by atoms with van der Waals surface area (Å²) in [6, 6.07) is 25.4. The number of esters is 1. The molecule has 4 rings (SSSR count). The Morgan fingerprint density at radius 2 is 1.46 bits per heavy atom. The number of nitrogens with one attached hydrogen (secondary N) is 1. The number of hydrogen-bond donors (Lipinski definition) is 1. The summed E-state index contributed by atoms with van der Waals surface area (Å²) in [5.74, 6) is -1.15. The summed E-state index contributed by atoms with van der Waals surface area (Å²) < 4.78 is 11.4. The predicted octanol–water partition coefficient (Wildman–Crippen LogP) is 4.23. The van der Waals surface area contributed by atoms with Gasteiger partial charge in [-0.15, -0.1) is 0 Å². The average molecular weight is 519 g/mol. The van der Waals surface area contributed by atoms with Crippen molar-refractivity contribution in [3.05, 3.63) is 114 Å². The zero-order valence-electron chi connectivity index (χ0n) is 20.3. The number of β-lactam (4-membered cyclic amide) rings is 1. The summed E-state index contributed by atoms with van der Waals surface area (Å²) in [7, 11) is 0. The van der Waals surface area contributed by atoms with Gasteiger partial charge in [-0.05, 0) is 35.8 Å². The van der Waals surface area contributed by atoms with Crippen LogP contribution in [-0.4, -0.2) is 46.9 Å². The third-order valence-corrected chi connectivity index (χ3v) is 6.36. The maximum Gasteiger partial charge on any atom is 0.334 e. The maximum atomic E-state index is 13.4. The van der Waals surface area contributed by atoms with Crippen LogP contribution in [0.5, 0.6) is 5.75 Å². The molecular formula is C29H27ClN2O5. The number of amides is 2. The van der Waals surface area contributed by atoms with Crippen LogP contribution in [0.3, 0.4) is 0 Å². The maximum absolute atomic E-state index is 13.4. The highest BCUT2D eigenvalue weighted by atomic mass is 35.5. The molecule has 0 radical (unpaired) electrons. The molecule has 0 saturated carbocycles. The predicted molar refractivity (Wildman–Crippen MR) is 140 cm³/mol. The van der Waals surface area contributed by atoms with Crippen molar-refractivity contribution in [2.75, 3.05) is 6.61 Å². The normalized spacial score (nSPS) is 17.5. The summed E-state index contributed by atoms with van der Waals surface area (Å²) in [6.45, 7) is 5.24. The molecule has 1 heterocycles. The Hall–Kier alpha value is -4.10. The Morgan fingerprint density at radius 3 is 1.95 bits per heavy atom. The van der Waals surface area contributed by atoms with E-state index < -0.39 is 41.5 Å². The summed E-state index contributed by atoms with van der Waals surface area (Å²) in [5.41, 5.74) is 0.988. The van der Waals surface area contributed by atoms with E-state index in [4.69, 9.17) is 21.1 Å². The largest absolute Gasteiger partial charge is 0.484 e. The summed E-state index contributed by atoms with van der Waals surface area (Å²) >= 11 is 6.49. The third-order valence-electron chi connectivity index (χ3n) is 5.90. The first-order valence-electron chi connectivity index (χ1n) is 11.8.